The van der Waals surface area contributed by atoms with E-state index in [2.05, 4.69) is 33.4 Å². The van der Waals surface area contributed by atoms with Gasteiger partial charge in [0.25, 0.3) is 6.71 Å². The van der Waals surface area contributed by atoms with Crippen LogP contribution in [-0.4, -0.2) is 45.8 Å². The Morgan fingerprint density at radius 2 is 0.693 bits per heavy atom. The molecule has 0 aliphatic carbocycles. The molecule has 16 rings (SSSR count). The lowest BCUT2D eigenvalue weighted by molar-refractivity contribution is 1.07. The van der Waals surface area contributed by atoms with Crippen LogP contribution in [0.1, 0.15) is 5.48 Å². The van der Waals surface area contributed by atoms with Crippen LogP contribution >= 0.6 is 0 Å². The maximum Gasteiger partial charge on any atom is 0.252 e. The average molecular weight is 959 g/mol. The van der Waals surface area contributed by atoms with Gasteiger partial charge in [-0.1, -0.05) is 212 Å². The minimum atomic E-state index is -0.385. The van der Waals surface area contributed by atoms with E-state index >= 15 is 0 Å². The zero-order valence-electron chi connectivity index (χ0n) is 43.9. The van der Waals surface area contributed by atoms with Crippen LogP contribution in [0.25, 0.3) is 134 Å². The van der Waals surface area contributed by atoms with Crippen molar-refractivity contribution in [3.63, 3.8) is 0 Å². The number of nitrogens with zero attached hydrogens (tertiary/aromatic N) is 8. The van der Waals surface area contributed by atoms with E-state index in [1.165, 1.54) is 0 Å². The van der Waals surface area contributed by atoms with Crippen molar-refractivity contribution < 1.29 is 5.48 Å². The average Bonchev–Trinajstić information content (AvgIpc) is 3.36. The minimum absolute atomic E-state index is 0.365. The molecule has 0 fully saturated rings. The fraction of sp³-hybridized carbons (Fsp3) is 0. The lowest BCUT2D eigenvalue weighted by Crippen LogP contribution is -2.59. The Labute approximate surface area is 436 Å². The predicted molar refractivity (Wildman–Crippen MR) is 305 cm³/mol. The van der Waals surface area contributed by atoms with Gasteiger partial charge in [0.2, 0.25) is 0 Å². The Morgan fingerprint density at radius 1 is 0.320 bits per heavy atom. The first-order valence-electron chi connectivity index (χ1n) is 27.0. The van der Waals surface area contributed by atoms with Gasteiger partial charge in [-0.3, -0.25) is 0 Å². The number of rotatable bonds is 7. The van der Waals surface area contributed by atoms with E-state index in [9.17, 15) is 2.74 Å². The van der Waals surface area contributed by atoms with Gasteiger partial charge >= 0.3 is 0 Å². The zero-order valence-corrected chi connectivity index (χ0v) is 39.9. The molecule has 8 nitrogen and oxygen atoms in total. The van der Waals surface area contributed by atoms with Gasteiger partial charge in [0, 0.05) is 82.9 Å². The van der Waals surface area contributed by atoms with Crippen molar-refractivity contribution in [2.24, 2.45) is 0 Å². The van der Waals surface area contributed by atoms with Crippen LogP contribution in [0, 0.1) is 0 Å². The van der Waals surface area contributed by atoms with Gasteiger partial charge in [-0.05, 0) is 46.2 Å². The third-order valence-electron chi connectivity index (χ3n) is 14.9. The van der Waals surface area contributed by atoms with Crippen molar-refractivity contribution in [2.45, 2.75) is 0 Å². The van der Waals surface area contributed by atoms with Crippen LogP contribution < -0.4 is 16.4 Å². The molecule has 0 saturated carbocycles. The fourth-order valence-electron chi connectivity index (χ4n) is 11.8. The van der Waals surface area contributed by atoms with Crippen molar-refractivity contribution >= 4 is 66.7 Å². The van der Waals surface area contributed by atoms with Crippen LogP contribution in [0.5, 0.6) is 0 Å². The molecule has 0 radical (unpaired) electrons. The quantitative estimate of drug-likeness (QED) is 0.148. The molecule has 2 aliphatic rings. The van der Waals surface area contributed by atoms with Crippen molar-refractivity contribution in [1.82, 2.24) is 39.0 Å². The monoisotopic (exact) mass is 958 g/mol. The van der Waals surface area contributed by atoms with Crippen molar-refractivity contribution in [2.75, 3.05) is 0 Å². The summed E-state index contributed by atoms with van der Waals surface area (Å²) in [7, 11) is 0. The van der Waals surface area contributed by atoms with Gasteiger partial charge in [-0.15, -0.1) is 0 Å². The summed E-state index contributed by atoms with van der Waals surface area (Å²) in [5.41, 5.74) is 14.8. The second-order valence-electron chi connectivity index (χ2n) is 19.1. The minimum Gasteiger partial charge on any atom is -0.310 e. The molecule has 4 aromatic heterocycles. The third kappa shape index (κ3) is 6.25. The molecule has 0 atom stereocenters. The molecule has 10 aromatic carbocycles. The molecule has 0 amide bonds. The Bertz CT molecular complexity index is 4480. The van der Waals surface area contributed by atoms with E-state index in [0.717, 1.165) is 105 Å². The van der Waals surface area contributed by atoms with E-state index in [-0.39, 0.29) is 6.71 Å². The molecule has 0 bridgehead atoms. The first kappa shape index (κ1) is 37.6. The molecule has 14 aromatic rings. The van der Waals surface area contributed by atoms with E-state index in [1.54, 1.807) is 0 Å². The Balaban J connectivity index is 1.08. The lowest BCUT2D eigenvalue weighted by atomic mass is 9.34. The third-order valence-corrected chi connectivity index (χ3v) is 14.9. The summed E-state index contributed by atoms with van der Waals surface area (Å²) in [6, 6.07) is 71.3. The summed E-state index contributed by atoms with van der Waals surface area (Å²) < 4.78 is 41.0. The van der Waals surface area contributed by atoms with Crippen LogP contribution in [0.3, 0.4) is 0 Å². The topological polar surface area (TPSA) is 87.2 Å². The maximum absolute atomic E-state index is 9.33. The zero-order chi connectivity index (χ0) is 52.6. The summed E-state index contributed by atoms with van der Waals surface area (Å²) in [5, 5.41) is 3.52. The molecule has 9 heteroatoms. The van der Waals surface area contributed by atoms with Crippen molar-refractivity contribution in [3.05, 3.63) is 236 Å². The number of para-hydroxylation sites is 4. The second-order valence-corrected chi connectivity index (χ2v) is 19.1. The van der Waals surface area contributed by atoms with Gasteiger partial charge in [0.05, 0.1) is 16.5 Å². The summed E-state index contributed by atoms with van der Waals surface area (Å²) in [6.45, 7) is -0.385. The summed E-state index contributed by atoms with van der Waals surface area (Å²) in [5.74, 6) is 2.96. The highest BCUT2D eigenvalue weighted by atomic mass is 15.1. The lowest BCUT2D eigenvalue weighted by Gasteiger charge is -2.34. The smallest absolute Gasteiger partial charge is 0.252 e. The van der Waals surface area contributed by atoms with Gasteiger partial charge in [0.1, 0.15) is 0 Å². The first-order chi connectivity index (χ1) is 38.8. The number of benzene rings is 10. The van der Waals surface area contributed by atoms with E-state index in [4.69, 9.17) is 32.6 Å². The molecule has 0 N–H and O–H groups in total. The molecule has 2 aliphatic heterocycles. The van der Waals surface area contributed by atoms with Crippen LogP contribution in [-0.2, 0) is 0 Å². The standard InChI is InChI=1S/C66H39BN8/c1-5-20-40(21-6-1)61-68-62(41-22-7-2-8-23-41)71-65(70-61)49-32-17-33-50(66-72-63(42-24-9-3-10-25-42)69-64(73-66)43-26-11-4-12-27-43)57(49)44-38-55-58-56(39-44)75-54-37-16-14-29-46(54)48-31-19-35-52(60(48)75)67(58)51-34-18-30-47-45-28-13-15-36-53(45)74(55)59(47)51/h1-39H/i13D,14D,18D,19D. The molecule has 0 spiro atoms. The number of aromatic nitrogens is 8. The van der Waals surface area contributed by atoms with Crippen LogP contribution in [0.2, 0.25) is 0 Å². The highest BCUT2D eigenvalue weighted by Gasteiger charge is 2.41. The Hall–Kier alpha value is -10.1. The molecule has 6 heterocycles. The van der Waals surface area contributed by atoms with Gasteiger partial charge in [0.15, 0.2) is 34.9 Å². The van der Waals surface area contributed by atoms with Crippen molar-refractivity contribution in [1.29, 1.82) is 0 Å². The number of fused-ring (bicyclic) bond motifs is 10. The van der Waals surface area contributed by atoms with Crippen LogP contribution in [0.4, 0.5) is 0 Å². The van der Waals surface area contributed by atoms with Gasteiger partial charge < -0.3 is 9.13 Å². The van der Waals surface area contributed by atoms with Gasteiger partial charge in [-0.2, -0.15) is 0 Å². The van der Waals surface area contributed by atoms with E-state index < -0.39 is 0 Å². The molecule has 0 saturated heterocycles. The maximum atomic E-state index is 9.33. The van der Waals surface area contributed by atoms with Crippen molar-refractivity contribution in [3.8, 4) is 90.8 Å². The fourth-order valence-corrected chi connectivity index (χ4v) is 11.8. The number of hydrogen-bond donors (Lipinski definition) is 0. The largest absolute Gasteiger partial charge is 0.310 e. The summed E-state index contributed by atoms with van der Waals surface area (Å²) in [6.07, 6.45) is 0. The van der Waals surface area contributed by atoms with E-state index in [0.29, 0.717) is 70.2 Å². The van der Waals surface area contributed by atoms with Crippen LogP contribution in [0.15, 0.2) is 236 Å². The first-order valence-corrected chi connectivity index (χ1v) is 25.0. The highest BCUT2D eigenvalue weighted by Crippen LogP contribution is 2.45. The Morgan fingerprint density at radius 3 is 1.09 bits per heavy atom. The Kier molecular flexibility index (Phi) is 8.13. The normalized spacial score (nSPS) is 13.0. The van der Waals surface area contributed by atoms with E-state index in [1.807, 2.05) is 188 Å². The highest BCUT2D eigenvalue weighted by molar-refractivity contribution is 7.00. The molecule has 346 valence electrons. The van der Waals surface area contributed by atoms with Gasteiger partial charge in [-0.25, -0.2) is 29.9 Å². The predicted octanol–water partition coefficient (Wildman–Crippen LogP) is 13.1. The number of hydrogen-bond acceptors (Lipinski definition) is 6. The summed E-state index contributed by atoms with van der Waals surface area (Å²) in [4.78, 5) is 31.7. The summed E-state index contributed by atoms with van der Waals surface area (Å²) >= 11 is 0. The molecule has 0 unspecified atom stereocenters. The second kappa shape index (κ2) is 16.2. The SMILES string of the molecule is [2H]c1ccc2c(c1)c1cc([2H])cc3c1n2-c1cc(-c2c(-c4nc(-c5ccccc5)nc(-c5ccccc5)n4)cccc2-c2nc(-c4ccccc4)nc(-c4ccccc4)n2)cc2c1B3c1cc([2H])cc3c4cc([2H])ccc4n-2c13. The molecule has 75 heavy (non-hydrogen) atoms. The molecular formula is C66H39BN8. The molecular weight excluding hydrogens is 916 g/mol.